The third-order valence-corrected chi connectivity index (χ3v) is 2.71. The van der Waals surface area contributed by atoms with E-state index in [1.54, 1.807) is 35.3 Å². The number of rotatable bonds is 1. The minimum absolute atomic E-state index is 0.413. The van der Waals surface area contributed by atoms with Crippen molar-refractivity contribution in [3.05, 3.63) is 41.2 Å². The summed E-state index contributed by atoms with van der Waals surface area (Å²) < 4.78 is 1.61. The minimum Gasteiger partial charge on any atom is -0.322 e. The van der Waals surface area contributed by atoms with Gasteiger partial charge < -0.3 is 4.98 Å². The number of aromatic nitrogens is 4. The van der Waals surface area contributed by atoms with Crippen LogP contribution in [0.4, 0.5) is 0 Å². The molecule has 82 valence electrons. The summed E-state index contributed by atoms with van der Waals surface area (Å²) in [5.41, 5.74) is 1.88. The monoisotopic (exact) mass is 243 g/mol. The zero-order chi connectivity index (χ0) is 11.8. The van der Waals surface area contributed by atoms with Crippen LogP contribution in [0.25, 0.3) is 17.0 Å². The molecule has 0 bridgehead atoms. The molecule has 0 saturated heterocycles. The molecule has 1 N–H and O–H groups in total. The Labute approximate surface area is 101 Å². The van der Waals surface area contributed by atoms with Crippen LogP contribution >= 0.6 is 11.6 Å². The van der Waals surface area contributed by atoms with Crippen LogP contribution in [-0.4, -0.2) is 19.7 Å². The van der Waals surface area contributed by atoms with E-state index >= 15 is 0 Å². The van der Waals surface area contributed by atoms with E-state index in [2.05, 4.69) is 15.1 Å². The van der Waals surface area contributed by atoms with Gasteiger partial charge >= 0.3 is 0 Å². The van der Waals surface area contributed by atoms with Crippen LogP contribution in [0.5, 0.6) is 0 Å². The van der Waals surface area contributed by atoms with Crippen molar-refractivity contribution in [2.75, 3.05) is 0 Å². The number of benzene rings is 1. The first kappa shape index (κ1) is 9.87. The molecule has 0 saturated carbocycles. The number of halogens is 1. The first-order valence-corrected chi connectivity index (χ1v) is 5.25. The smallest absolute Gasteiger partial charge is 0.229 e. The van der Waals surface area contributed by atoms with Gasteiger partial charge in [-0.15, -0.1) is 0 Å². The molecule has 0 spiro atoms. The molecular weight excluding hydrogens is 238 g/mol. The summed E-state index contributed by atoms with van der Waals surface area (Å²) in [6.45, 7) is 0. The third-order valence-electron chi connectivity index (χ3n) is 2.40. The maximum atomic E-state index is 8.88. The standard InChI is InChI=1S/C11H6ClN5/c12-8-5-10-9(4-7(8)6-13)15-11(16-10)17-3-1-2-14-17/h1-5H,(H,15,16). The van der Waals surface area contributed by atoms with Gasteiger partial charge in [-0.25, -0.2) is 9.67 Å². The lowest BCUT2D eigenvalue weighted by Gasteiger charge is -1.93. The second-order valence-electron chi connectivity index (χ2n) is 3.47. The third kappa shape index (κ3) is 1.55. The Morgan fingerprint density at radius 2 is 2.29 bits per heavy atom. The van der Waals surface area contributed by atoms with Crippen LogP contribution in [0.3, 0.4) is 0 Å². The van der Waals surface area contributed by atoms with Gasteiger partial charge in [-0.2, -0.15) is 10.4 Å². The van der Waals surface area contributed by atoms with Crippen molar-refractivity contribution in [3.8, 4) is 12.0 Å². The number of nitriles is 1. The Kier molecular flexibility index (Phi) is 2.10. The molecule has 0 atom stereocenters. The molecular formula is C11H6ClN5. The first-order chi connectivity index (χ1) is 8.28. The van der Waals surface area contributed by atoms with Crippen molar-refractivity contribution < 1.29 is 0 Å². The Morgan fingerprint density at radius 3 is 3.00 bits per heavy atom. The second-order valence-corrected chi connectivity index (χ2v) is 3.88. The van der Waals surface area contributed by atoms with Gasteiger partial charge in [0.2, 0.25) is 5.95 Å². The summed E-state index contributed by atoms with van der Waals surface area (Å²) in [4.78, 5) is 7.43. The Bertz CT molecular complexity index is 720. The average Bonchev–Trinajstić information content (AvgIpc) is 2.95. The Morgan fingerprint density at radius 1 is 1.41 bits per heavy atom. The summed E-state index contributed by atoms with van der Waals surface area (Å²) in [5, 5.41) is 13.4. The zero-order valence-electron chi connectivity index (χ0n) is 8.55. The van der Waals surface area contributed by atoms with Crippen LogP contribution in [0.15, 0.2) is 30.6 Å². The molecule has 0 radical (unpaired) electrons. The summed E-state index contributed by atoms with van der Waals surface area (Å²) in [7, 11) is 0. The molecule has 0 amide bonds. The number of fused-ring (bicyclic) bond motifs is 1. The van der Waals surface area contributed by atoms with E-state index in [-0.39, 0.29) is 0 Å². The van der Waals surface area contributed by atoms with E-state index in [1.165, 1.54) is 0 Å². The van der Waals surface area contributed by atoms with Crippen molar-refractivity contribution in [2.45, 2.75) is 0 Å². The van der Waals surface area contributed by atoms with Crippen molar-refractivity contribution in [1.29, 1.82) is 5.26 Å². The largest absolute Gasteiger partial charge is 0.322 e. The Balaban J connectivity index is 2.24. The van der Waals surface area contributed by atoms with E-state index in [1.807, 2.05) is 6.07 Å². The van der Waals surface area contributed by atoms with Gasteiger partial charge in [-0.1, -0.05) is 11.6 Å². The van der Waals surface area contributed by atoms with E-state index in [9.17, 15) is 0 Å². The maximum absolute atomic E-state index is 8.88. The van der Waals surface area contributed by atoms with E-state index in [0.29, 0.717) is 22.1 Å². The average molecular weight is 244 g/mol. The van der Waals surface area contributed by atoms with Crippen molar-refractivity contribution in [3.63, 3.8) is 0 Å². The second kappa shape index (κ2) is 3.61. The lowest BCUT2D eigenvalue weighted by atomic mass is 10.2. The van der Waals surface area contributed by atoms with E-state index < -0.39 is 0 Å². The molecule has 5 nitrogen and oxygen atoms in total. The molecule has 0 aliphatic heterocycles. The van der Waals surface area contributed by atoms with Crippen LogP contribution in [0, 0.1) is 11.3 Å². The Hall–Kier alpha value is -2.32. The molecule has 0 unspecified atom stereocenters. The highest BCUT2D eigenvalue weighted by atomic mass is 35.5. The molecule has 1 aromatic carbocycles. The van der Waals surface area contributed by atoms with Crippen LogP contribution < -0.4 is 0 Å². The lowest BCUT2D eigenvalue weighted by Crippen LogP contribution is -1.95. The van der Waals surface area contributed by atoms with Gasteiger partial charge in [0.15, 0.2) is 0 Å². The molecule has 0 aliphatic rings. The molecule has 6 heteroatoms. The molecule has 2 aromatic heterocycles. The summed E-state index contributed by atoms with van der Waals surface area (Å²) in [6.07, 6.45) is 3.45. The fourth-order valence-corrected chi connectivity index (χ4v) is 1.81. The quantitative estimate of drug-likeness (QED) is 0.713. The van der Waals surface area contributed by atoms with Crippen LogP contribution in [0.1, 0.15) is 5.56 Å². The van der Waals surface area contributed by atoms with E-state index in [0.717, 1.165) is 5.52 Å². The molecule has 3 rings (SSSR count). The predicted molar refractivity (Wildman–Crippen MR) is 62.9 cm³/mol. The first-order valence-electron chi connectivity index (χ1n) is 4.87. The highest BCUT2D eigenvalue weighted by Crippen LogP contribution is 2.22. The van der Waals surface area contributed by atoms with Crippen LogP contribution in [-0.2, 0) is 0 Å². The van der Waals surface area contributed by atoms with E-state index in [4.69, 9.17) is 16.9 Å². The lowest BCUT2D eigenvalue weighted by molar-refractivity contribution is 0.829. The fraction of sp³-hybridized carbons (Fsp3) is 0. The molecule has 3 aromatic rings. The topological polar surface area (TPSA) is 70.3 Å². The fourth-order valence-electron chi connectivity index (χ4n) is 1.61. The van der Waals surface area contributed by atoms with Crippen molar-refractivity contribution in [1.82, 2.24) is 19.7 Å². The number of nitrogens with one attached hydrogen (secondary N) is 1. The normalized spacial score (nSPS) is 10.6. The minimum atomic E-state index is 0.413. The number of hydrogen-bond acceptors (Lipinski definition) is 3. The number of hydrogen-bond donors (Lipinski definition) is 1. The van der Waals surface area contributed by atoms with Crippen molar-refractivity contribution >= 4 is 22.6 Å². The van der Waals surface area contributed by atoms with Gasteiger partial charge in [0, 0.05) is 12.4 Å². The molecule has 17 heavy (non-hydrogen) atoms. The summed E-state index contributed by atoms with van der Waals surface area (Å²) in [6, 6.07) is 7.17. The zero-order valence-corrected chi connectivity index (χ0v) is 9.31. The van der Waals surface area contributed by atoms with Crippen molar-refractivity contribution in [2.24, 2.45) is 0 Å². The van der Waals surface area contributed by atoms with Crippen LogP contribution in [0.2, 0.25) is 5.02 Å². The number of aromatic amines is 1. The number of nitrogens with zero attached hydrogens (tertiary/aromatic N) is 4. The molecule has 2 heterocycles. The summed E-state index contributed by atoms with van der Waals surface area (Å²) in [5.74, 6) is 0.594. The molecule has 0 aliphatic carbocycles. The number of H-pyrrole nitrogens is 1. The molecule has 0 fully saturated rings. The predicted octanol–water partition coefficient (Wildman–Crippen LogP) is 2.27. The SMILES string of the molecule is N#Cc1cc2nc(-n3cccn3)[nH]c2cc1Cl. The maximum Gasteiger partial charge on any atom is 0.229 e. The van der Waals surface area contributed by atoms with Gasteiger partial charge in [0.1, 0.15) is 6.07 Å². The highest BCUT2D eigenvalue weighted by molar-refractivity contribution is 6.32. The van der Waals surface area contributed by atoms with Gasteiger partial charge in [0.25, 0.3) is 0 Å². The van der Waals surface area contributed by atoms with Gasteiger partial charge in [0.05, 0.1) is 21.6 Å². The highest BCUT2D eigenvalue weighted by Gasteiger charge is 2.08. The van der Waals surface area contributed by atoms with Gasteiger partial charge in [-0.05, 0) is 18.2 Å². The van der Waals surface area contributed by atoms with Gasteiger partial charge in [-0.3, -0.25) is 0 Å². The summed E-state index contributed by atoms with van der Waals surface area (Å²) >= 11 is 5.94. The number of imidazole rings is 1.